The van der Waals surface area contributed by atoms with E-state index in [2.05, 4.69) is 162 Å². The Hall–Kier alpha value is -5.67. The van der Waals surface area contributed by atoms with Crippen LogP contribution in [0.1, 0.15) is 5.56 Å². The van der Waals surface area contributed by atoms with Crippen LogP contribution >= 0.6 is 0 Å². The van der Waals surface area contributed by atoms with Gasteiger partial charge in [-0.2, -0.15) is 0 Å². The van der Waals surface area contributed by atoms with Crippen molar-refractivity contribution < 1.29 is 0 Å². The van der Waals surface area contributed by atoms with Gasteiger partial charge in [0.25, 0.3) is 0 Å². The lowest BCUT2D eigenvalue weighted by Crippen LogP contribution is -2.10. The van der Waals surface area contributed by atoms with Crippen molar-refractivity contribution in [3.05, 3.63) is 163 Å². The molecule has 0 aliphatic rings. The molecule has 6 aromatic carbocycles. The predicted molar refractivity (Wildman–Crippen MR) is 181 cm³/mol. The highest BCUT2D eigenvalue weighted by Gasteiger charge is 2.21. The molecule has 8 rings (SSSR count). The summed E-state index contributed by atoms with van der Waals surface area (Å²) >= 11 is 0. The molecule has 3 nitrogen and oxygen atoms in total. The number of rotatable bonds is 5. The lowest BCUT2D eigenvalue weighted by atomic mass is 10.0. The van der Waals surface area contributed by atoms with Gasteiger partial charge in [-0.15, -0.1) is 0 Å². The standard InChI is InChI=1S/C40H29N3/c1-28-18-22-32(23-19-28)42(33-24-20-30(21-25-33)29-10-3-2-4-11-29)38-16-9-17-39-40(38)35-13-6-8-15-37(35)43(39)34-26-31-12-5-7-14-36(31)41-27-34/h2-27H,1H3. The topological polar surface area (TPSA) is 21.1 Å². The summed E-state index contributed by atoms with van der Waals surface area (Å²) in [6.07, 6.45) is 1.99. The van der Waals surface area contributed by atoms with Crippen LogP contribution in [0.3, 0.4) is 0 Å². The smallest absolute Gasteiger partial charge is 0.0703 e. The largest absolute Gasteiger partial charge is 0.310 e. The number of pyridine rings is 1. The predicted octanol–water partition coefficient (Wildman–Crippen LogP) is 10.8. The van der Waals surface area contributed by atoms with Crippen molar-refractivity contribution in [1.82, 2.24) is 9.55 Å². The van der Waals surface area contributed by atoms with Gasteiger partial charge in [0.15, 0.2) is 0 Å². The van der Waals surface area contributed by atoms with Crippen molar-refractivity contribution in [3.8, 4) is 16.8 Å². The fourth-order valence-corrected chi connectivity index (χ4v) is 6.20. The van der Waals surface area contributed by atoms with E-state index in [1.165, 1.54) is 27.5 Å². The minimum atomic E-state index is 0.997. The van der Waals surface area contributed by atoms with Crippen LogP contribution in [0.15, 0.2) is 158 Å². The van der Waals surface area contributed by atoms with E-state index in [9.17, 15) is 0 Å². The van der Waals surface area contributed by atoms with Crippen LogP contribution in [0.2, 0.25) is 0 Å². The van der Waals surface area contributed by atoms with Gasteiger partial charge in [0.1, 0.15) is 0 Å². The molecule has 43 heavy (non-hydrogen) atoms. The monoisotopic (exact) mass is 551 g/mol. The fraction of sp³-hybridized carbons (Fsp3) is 0.0250. The molecule has 0 amide bonds. The Labute approximate surface area is 250 Å². The van der Waals surface area contributed by atoms with Gasteiger partial charge < -0.3 is 9.47 Å². The van der Waals surface area contributed by atoms with E-state index in [1.807, 2.05) is 12.3 Å². The van der Waals surface area contributed by atoms with Gasteiger partial charge in [-0.1, -0.05) is 103 Å². The van der Waals surface area contributed by atoms with Crippen molar-refractivity contribution in [3.63, 3.8) is 0 Å². The van der Waals surface area contributed by atoms with Crippen LogP contribution in [-0.2, 0) is 0 Å². The molecule has 0 aliphatic heterocycles. The number of para-hydroxylation sites is 2. The maximum Gasteiger partial charge on any atom is 0.0703 e. The van der Waals surface area contributed by atoms with Gasteiger partial charge in [-0.25, -0.2) is 0 Å². The Kier molecular flexibility index (Phi) is 6.01. The summed E-state index contributed by atoms with van der Waals surface area (Å²) in [6.45, 7) is 2.13. The summed E-state index contributed by atoms with van der Waals surface area (Å²) in [5.41, 5.74) is 11.4. The summed E-state index contributed by atoms with van der Waals surface area (Å²) in [5, 5.41) is 3.54. The van der Waals surface area contributed by atoms with Gasteiger partial charge in [0, 0.05) is 27.5 Å². The first kappa shape index (κ1) is 25.1. The molecule has 0 saturated carbocycles. The second-order valence-corrected chi connectivity index (χ2v) is 11.0. The average molecular weight is 552 g/mol. The number of benzene rings is 6. The first-order valence-corrected chi connectivity index (χ1v) is 14.6. The Morgan fingerprint density at radius 2 is 1.21 bits per heavy atom. The molecular weight excluding hydrogens is 522 g/mol. The lowest BCUT2D eigenvalue weighted by molar-refractivity contribution is 1.16. The third kappa shape index (κ3) is 4.34. The molecule has 0 N–H and O–H groups in total. The molecule has 0 radical (unpaired) electrons. The molecule has 3 heteroatoms. The van der Waals surface area contributed by atoms with Gasteiger partial charge in [-0.05, 0) is 72.6 Å². The molecule has 0 unspecified atom stereocenters. The summed E-state index contributed by atoms with van der Waals surface area (Å²) in [6, 6.07) is 54.1. The highest BCUT2D eigenvalue weighted by Crippen LogP contribution is 2.44. The molecule has 0 aliphatic carbocycles. The molecule has 2 heterocycles. The van der Waals surface area contributed by atoms with Crippen molar-refractivity contribution in [2.75, 3.05) is 4.90 Å². The Morgan fingerprint density at radius 3 is 2.02 bits per heavy atom. The van der Waals surface area contributed by atoms with Crippen molar-refractivity contribution in [2.45, 2.75) is 6.92 Å². The van der Waals surface area contributed by atoms with Crippen LogP contribution in [0.5, 0.6) is 0 Å². The molecule has 0 saturated heterocycles. The minimum absolute atomic E-state index is 0.997. The third-order valence-corrected chi connectivity index (χ3v) is 8.28. The molecule has 0 atom stereocenters. The third-order valence-electron chi connectivity index (χ3n) is 8.28. The summed E-state index contributed by atoms with van der Waals surface area (Å²) in [4.78, 5) is 7.19. The fourth-order valence-electron chi connectivity index (χ4n) is 6.20. The quantitative estimate of drug-likeness (QED) is 0.212. The van der Waals surface area contributed by atoms with Crippen molar-refractivity contribution in [1.29, 1.82) is 0 Å². The van der Waals surface area contributed by atoms with Crippen molar-refractivity contribution >= 4 is 49.8 Å². The second-order valence-electron chi connectivity index (χ2n) is 11.0. The van der Waals surface area contributed by atoms with E-state index in [0.29, 0.717) is 0 Å². The molecule has 0 bridgehead atoms. The number of aryl methyl sites for hydroxylation is 1. The minimum Gasteiger partial charge on any atom is -0.310 e. The molecule has 8 aromatic rings. The van der Waals surface area contributed by atoms with Gasteiger partial charge in [0.2, 0.25) is 0 Å². The Bertz CT molecular complexity index is 2230. The lowest BCUT2D eigenvalue weighted by Gasteiger charge is -2.27. The summed E-state index contributed by atoms with van der Waals surface area (Å²) < 4.78 is 2.35. The molecule has 2 aromatic heterocycles. The second kappa shape index (κ2) is 10.3. The SMILES string of the molecule is Cc1ccc(N(c2ccc(-c3ccccc3)cc2)c2cccc3c2c2ccccc2n3-c2cnc3ccccc3c2)cc1. The van der Waals surface area contributed by atoms with Crippen LogP contribution in [0, 0.1) is 6.92 Å². The number of hydrogen-bond donors (Lipinski definition) is 0. The number of fused-ring (bicyclic) bond motifs is 4. The maximum atomic E-state index is 4.81. The van der Waals surface area contributed by atoms with Crippen molar-refractivity contribution in [2.24, 2.45) is 0 Å². The summed E-state index contributed by atoms with van der Waals surface area (Å²) in [5.74, 6) is 0. The Morgan fingerprint density at radius 1 is 0.558 bits per heavy atom. The number of aromatic nitrogens is 2. The van der Waals surface area contributed by atoms with E-state index in [1.54, 1.807) is 0 Å². The molecular formula is C40H29N3. The highest BCUT2D eigenvalue weighted by atomic mass is 15.1. The van der Waals surface area contributed by atoms with E-state index >= 15 is 0 Å². The maximum absolute atomic E-state index is 4.81. The number of anilines is 3. The number of nitrogens with zero attached hydrogens (tertiary/aromatic N) is 3. The van der Waals surface area contributed by atoms with Gasteiger partial charge in [0.05, 0.1) is 34.1 Å². The van der Waals surface area contributed by atoms with E-state index < -0.39 is 0 Å². The van der Waals surface area contributed by atoms with Gasteiger partial charge in [-0.3, -0.25) is 4.98 Å². The van der Waals surface area contributed by atoms with E-state index in [4.69, 9.17) is 4.98 Å². The molecule has 0 fully saturated rings. The van der Waals surface area contributed by atoms with Crippen LogP contribution in [-0.4, -0.2) is 9.55 Å². The average Bonchev–Trinajstić information content (AvgIpc) is 3.41. The van der Waals surface area contributed by atoms with Crippen LogP contribution < -0.4 is 4.90 Å². The highest BCUT2D eigenvalue weighted by molar-refractivity contribution is 6.16. The first-order chi connectivity index (χ1) is 21.2. The van der Waals surface area contributed by atoms with E-state index in [-0.39, 0.29) is 0 Å². The summed E-state index contributed by atoms with van der Waals surface area (Å²) in [7, 11) is 0. The first-order valence-electron chi connectivity index (χ1n) is 14.6. The zero-order valence-electron chi connectivity index (χ0n) is 23.9. The van der Waals surface area contributed by atoms with E-state index in [0.717, 1.165) is 44.7 Å². The zero-order valence-corrected chi connectivity index (χ0v) is 23.9. The molecule has 204 valence electrons. The normalized spacial score (nSPS) is 11.4. The van der Waals surface area contributed by atoms with Gasteiger partial charge >= 0.3 is 0 Å². The van der Waals surface area contributed by atoms with Crippen LogP contribution in [0.25, 0.3) is 49.5 Å². The van der Waals surface area contributed by atoms with Crippen LogP contribution in [0.4, 0.5) is 17.1 Å². The zero-order chi connectivity index (χ0) is 28.8. The Balaban J connectivity index is 1.37. The molecule has 0 spiro atoms. The number of hydrogen-bond acceptors (Lipinski definition) is 2.